The monoisotopic (exact) mass is 463 g/mol. The second kappa shape index (κ2) is 12.9. The number of quaternary nitrogens is 1. The lowest BCUT2D eigenvalue weighted by atomic mass is 10.1. The molecule has 1 heterocycles. The first kappa shape index (κ1) is 23.7. The van der Waals surface area contributed by atoms with Crippen LogP contribution in [0.1, 0.15) is 31.7 Å². The van der Waals surface area contributed by atoms with Gasteiger partial charge in [0.05, 0.1) is 33.0 Å². The van der Waals surface area contributed by atoms with Crippen LogP contribution in [0.5, 0.6) is 11.5 Å². The van der Waals surface area contributed by atoms with E-state index in [4.69, 9.17) is 14.2 Å². The maximum Gasteiger partial charge on any atom is 0.119 e. The Hall–Kier alpha value is -1.56. The van der Waals surface area contributed by atoms with E-state index in [1.165, 1.54) is 5.56 Å². The van der Waals surface area contributed by atoms with Crippen LogP contribution < -0.4 is 26.5 Å². The molecule has 0 bridgehead atoms. The lowest BCUT2D eigenvalue weighted by Crippen LogP contribution is -3.00. The van der Waals surface area contributed by atoms with E-state index in [0.29, 0.717) is 0 Å². The van der Waals surface area contributed by atoms with Gasteiger partial charge in [-0.25, -0.2) is 0 Å². The molecule has 0 aromatic heterocycles. The number of nitrogens with zero attached hydrogens (tertiary/aromatic N) is 1. The maximum absolute atomic E-state index is 5.98. The number of hydrogen-bond acceptors (Lipinski definition) is 3. The average Bonchev–Trinajstić information content (AvgIpc) is 2.74. The SMILES string of the molecule is CCCCOc1ccc(OCCC[N+]2(Cc3ccccc3)CCOCC2)cc1.[Br-]. The third-order valence-corrected chi connectivity index (χ3v) is 5.42. The number of unbranched alkanes of at least 4 members (excludes halogenated alkanes) is 1. The van der Waals surface area contributed by atoms with Gasteiger partial charge in [-0.1, -0.05) is 43.7 Å². The van der Waals surface area contributed by atoms with Crippen molar-refractivity contribution in [2.24, 2.45) is 0 Å². The maximum atomic E-state index is 5.98. The molecule has 1 aliphatic rings. The van der Waals surface area contributed by atoms with E-state index in [1.807, 2.05) is 24.3 Å². The zero-order valence-corrected chi connectivity index (χ0v) is 19.1. The minimum atomic E-state index is 0. The van der Waals surface area contributed by atoms with E-state index in [0.717, 1.165) is 87.9 Å². The van der Waals surface area contributed by atoms with Gasteiger partial charge in [-0.05, 0) is 30.7 Å². The van der Waals surface area contributed by atoms with Crippen LogP contribution >= 0.6 is 0 Å². The molecule has 0 unspecified atom stereocenters. The molecular formula is C24H34BrNO3. The fourth-order valence-corrected chi connectivity index (χ4v) is 3.72. The summed E-state index contributed by atoms with van der Waals surface area (Å²) < 4.78 is 18.4. The normalized spacial score (nSPS) is 15.3. The average molecular weight is 464 g/mol. The van der Waals surface area contributed by atoms with Crippen molar-refractivity contribution in [3.8, 4) is 11.5 Å². The van der Waals surface area contributed by atoms with Crippen LogP contribution in [-0.2, 0) is 11.3 Å². The minimum Gasteiger partial charge on any atom is -1.00 e. The van der Waals surface area contributed by atoms with Crippen molar-refractivity contribution in [2.45, 2.75) is 32.7 Å². The Morgan fingerprint density at radius 3 is 2.00 bits per heavy atom. The summed E-state index contributed by atoms with van der Waals surface area (Å²) in [4.78, 5) is 0. The van der Waals surface area contributed by atoms with Crippen LogP contribution in [0.3, 0.4) is 0 Å². The van der Waals surface area contributed by atoms with E-state index >= 15 is 0 Å². The highest BCUT2D eigenvalue weighted by Gasteiger charge is 2.30. The van der Waals surface area contributed by atoms with Crippen molar-refractivity contribution in [3.05, 3.63) is 60.2 Å². The quantitative estimate of drug-likeness (QED) is 0.374. The van der Waals surface area contributed by atoms with Crippen LogP contribution in [0.25, 0.3) is 0 Å². The predicted octanol–water partition coefficient (Wildman–Crippen LogP) is 1.69. The number of morpholine rings is 1. The number of ether oxygens (including phenoxy) is 3. The smallest absolute Gasteiger partial charge is 0.119 e. The first-order valence-electron chi connectivity index (χ1n) is 10.6. The van der Waals surface area contributed by atoms with Gasteiger partial charge in [0.1, 0.15) is 31.1 Å². The Morgan fingerprint density at radius 2 is 1.41 bits per heavy atom. The molecule has 160 valence electrons. The van der Waals surface area contributed by atoms with Gasteiger partial charge < -0.3 is 35.7 Å². The van der Waals surface area contributed by atoms with Gasteiger partial charge in [0, 0.05) is 12.0 Å². The summed E-state index contributed by atoms with van der Waals surface area (Å²) in [5.74, 6) is 1.83. The molecule has 3 rings (SSSR count). The highest BCUT2D eigenvalue weighted by molar-refractivity contribution is 5.31. The topological polar surface area (TPSA) is 27.7 Å². The van der Waals surface area contributed by atoms with Crippen LogP contribution in [-0.4, -0.2) is 50.5 Å². The molecule has 0 spiro atoms. The van der Waals surface area contributed by atoms with E-state index in [-0.39, 0.29) is 17.0 Å². The molecule has 29 heavy (non-hydrogen) atoms. The highest BCUT2D eigenvalue weighted by Crippen LogP contribution is 2.20. The van der Waals surface area contributed by atoms with Crippen molar-refractivity contribution >= 4 is 0 Å². The largest absolute Gasteiger partial charge is 1.00 e. The van der Waals surface area contributed by atoms with Gasteiger partial charge in [-0.3, -0.25) is 0 Å². The molecule has 4 nitrogen and oxygen atoms in total. The van der Waals surface area contributed by atoms with Gasteiger partial charge in [0.25, 0.3) is 0 Å². The van der Waals surface area contributed by atoms with Crippen molar-refractivity contribution in [1.82, 2.24) is 0 Å². The van der Waals surface area contributed by atoms with Crippen LogP contribution in [0, 0.1) is 0 Å². The van der Waals surface area contributed by atoms with Gasteiger partial charge in [0.2, 0.25) is 0 Å². The van der Waals surface area contributed by atoms with Crippen LogP contribution in [0.2, 0.25) is 0 Å². The summed E-state index contributed by atoms with van der Waals surface area (Å²) in [6.07, 6.45) is 3.28. The first-order valence-corrected chi connectivity index (χ1v) is 10.6. The van der Waals surface area contributed by atoms with Crippen LogP contribution in [0.4, 0.5) is 0 Å². The minimum absolute atomic E-state index is 0. The lowest BCUT2D eigenvalue weighted by Gasteiger charge is -2.41. The van der Waals surface area contributed by atoms with Crippen molar-refractivity contribution in [2.75, 3.05) is 46.1 Å². The molecule has 1 saturated heterocycles. The Morgan fingerprint density at radius 1 is 0.828 bits per heavy atom. The summed E-state index contributed by atoms with van der Waals surface area (Å²) in [5.41, 5.74) is 1.41. The van der Waals surface area contributed by atoms with Crippen molar-refractivity contribution in [1.29, 1.82) is 0 Å². The summed E-state index contributed by atoms with van der Waals surface area (Å²) in [7, 11) is 0. The molecule has 2 aromatic rings. The second-order valence-corrected chi connectivity index (χ2v) is 7.64. The van der Waals surface area contributed by atoms with Gasteiger partial charge in [0.15, 0.2) is 0 Å². The molecule has 1 fully saturated rings. The lowest BCUT2D eigenvalue weighted by molar-refractivity contribution is -0.947. The summed E-state index contributed by atoms with van der Waals surface area (Å²) >= 11 is 0. The predicted molar refractivity (Wildman–Crippen MR) is 113 cm³/mol. The van der Waals surface area contributed by atoms with Gasteiger partial charge >= 0.3 is 0 Å². The Balaban J connectivity index is 0.00000300. The summed E-state index contributed by atoms with van der Waals surface area (Å²) in [6, 6.07) is 18.8. The molecule has 1 aliphatic heterocycles. The molecule has 0 radical (unpaired) electrons. The molecule has 0 amide bonds. The fraction of sp³-hybridized carbons (Fsp3) is 0.500. The number of benzene rings is 2. The summed E-state index contributed by atoms with van der Waals surface area (Å²) in [5, 5.41) is 0. The van der Waals surface area contributed by atoms with Gasteiger partial charge in [-0.2, -0.15) is 0 Å². The van der Waals surface area contributed by atoms with Gasteiger partial charge in [-0.15, -0.1) is 0 Å². The van der Waals surface area contributed by atoms with E-state index in [2.05, 4.69) is 37.3 Å². The number of halogens is 1. The third-order valence-electron chi connectivity index (χ3n) is 5.42. The fourth-order valence-electron chi connectivity index (χ4n) is 3.72. The first-order chi connectivity index (χ1) is 13.8. The molecule has 0 aliphatic carbocycles. The van der Waals surface area contributed by atoms with Crippen LogP contribution in [0.15, 0.2) is 54.6 Å². The standard InChI is InChI=1S/C24H34NO3.BrH/c1-2-3-17-27-23-10-12-24(13-11-23)28-18-7-14-25(15-19-26-20-16-25)21-22-8-5-4-6-9-22;/h4-6,8-13H,2-3,7,14-21H2,1H3;1H/q+1;/p-1. The molecular weight excluding hydrogens is 430 g/mol. The Labute approximate surface area is 186 Å². The highest BCUT2D eigenvalue weighted by atomic mass is 79.9. The zero-order valence-electron chi connectivity index (χ0n) is 17.5. The van der Waals surface area contributed by atoms with E-state index in [9.17, 15) is 0 Å². The Kier molecular flexibility index (Phi) is 10.5. The molecule has 0 atom stereocenters. The third kappa shape index (κ3) is 8.00. The second-order valence-electron chi connectivity index (χ2n) is 7.64. The van der Waals surface area contributed by atoms with E-state index in [1.54, 1.807) is 0 Å². The van der Waals surface area contributed by atoms with Crippen molar-refractivity contribution in [3.63, 3.8) is 0 Å². The molecule has 2 aromatic carbocycles. The molecule has 0 saturated carbocycles. The molecule has 5 heteroatoms. The zero-order chi connectivity index (χ0) is 19.5. The molecule has 0 N–H and O–H groups in total. The number of hydrogen-bond donors (Lipinski definition) is 0. The van der Waals surface area contributed by atoms with E-state index < -0.39 is 0 Å². The number of rotatable bonds is 11. The van der Waals surface area contributed by atoms with Crippen molar-refractivity contribution < 1.29 is 35.7 Å². The summed E-state index contributed by atoms with van der Waals surface area (Å²) in [6.45, 7) is 9.76. The Bertz CT molecular complexity index is 672.